The van der Waals surface area contributed by atoms with E-state index in [9.17, 15) is 44.7 Å². The number of benzene rings is 1. The number of ketones is 2. The Morgan fingerprint density at radius 2 is 1.75 bits per heavy atom. The maximum Gasteiger partial charge on any atom is 0.341 e. The van der Waals surface area contributed by atoms with Gasteiger partial charge in [0, 0.05) is 11.5 Å². The summed E-state index contributed by atoms with van der Waals surface area (Å²) in [5, 5.41) is 55.9. The maximum atomic E-state index is 13.6. The number of fused-ring (bicyclic) bond motifs is 3. The molecule has 0 saturated heterocycles. The van der Waals surface area contributed by atoms with E-state index >= 15 is 0 Å². The van der Waals surface area contributed by atoms with Crippen LogP contribution in [0.1, 0.15) is 39.1 Å². The molecule has 1 aromatic rings. The molecule has 3 aliphatic rings. The molecule has 0 heterocycles. The van der Waals surface area contributed by atoms with Gasteiger partial charge in [-0.2, -0.15) is 0 Å². The zero-order valence-corrected chi connectivity index (χ0v) is 19.8. The standard InChI is InChI=1S/C24H26N2O10/c1-7-8-5-6-9(23(34)36-4)16(27)11(8)17(28)12-10(7)18(29)14-15(26(2)3)19(30)13(22(25)33)21(32)24(14,35)20(12)31/h5-7,10,14-15,18,27,29-31,35H,1-4H3,(H2,25,33)/t7-,10+,14+,15-,18-,24?/m0/s1. The third kappa shape index (κ3) is 2.98. The summed E-state index contributed by atoms with van der Waals surface area (Å²) < 4.78 is 4.62. The van der Waals surface area contributed by atoms with Crippen LogP contribution in [0.25, 0.3) is 0 Å². The van der Waals surface area contributed by atoms with Crippen LogP contribution in [0, 0.1) is 11.8 Å². The van der Waals surface area contributed by atoms with Gasteiger partial charge in [-0.1, -0.05) is 13.0 Å². The Morgan fingerprint density at radius 1 is 1.14 bits per heavy atom. The topological polar surface area (TPSA) is 208 Å². The van der Waals surface area contributed by atoms with E-state index in [1.165, 1.54) is 31.1 Å². The number of carbonyl (C=O) groups excluding carboxylic acids is 4. The van der Waals surface area contributed by atoms with Gasteiger partial charge in [0.2, 0.25) is 5.78 Å². The lowest BCUT2D eigenvalue weighted by Gasteiger charge is -2.53. The molecule has 1 aromatic carbocycles. The highest BCUT2D eigenvalue weighted by Crippen LogP contribution is 2.55. The van der Waals surface area contributed by atoms with Crippen LogP contribution in [0.4, 0.5) is 0 Å². The molecule has 1 amide bonds. The van der Waals surface area contributed by atoms with Gasteiger partial charge in [-0.15, -0.1) is 0 Å². The lowest BCUT2D eigenvalue weighted by Crippen LogP contribution is -2.68. The van der Waals surface area contributed by atoms with Gasteiger partial charge in [0.25, 0.3) is 5.91 Å². The molecule has 12 heteroatoms. The van der Waals surface area contributed by atoms with Crippen molar-refractivity contribution in [1.29, 1.82) is 0 Å². The van der Waals surface area contributed by atoms with Crippen LogP contribution in [-0.4, -0.2) is 92.8 Å². The normalized spacial score (nSPS) is 31.7. The molecule has 0 aromatic heterocycles. The van der Waals surface area contributed by atoms with Crippen molar-refractivity contribution in [2.24, 2.45) is 17.6 Å². The third-order valence-electron chi connectivity index (χ3n) is 7.54. The average Bonchev–Trinajstić information content (AvgIpc) is 2.80. The average molecular weight is 502 g/mol. The van der Waals surface area contributed by atoms with Crippen molar-refractivity contribution in [2.45, 2.75) is 30.6 Å². The van der Waals surface area contributed by atoms with E-state index in [1.807, 2.05) is 0 Å². The molecule has 192 valence electrons. The number of ether oxygens (including phenoxy) is 1. The van der Waals surface area contributed by atoms with E-state index in [0.29, 0.717) is 0 Å². The Morgan fingerprint density at radius 3 is 2.28 bits per heavy atom. The number of nitrogens with zero attached hydrogens (tertiary/aromatic N) is 1. The lowest BCUT2D eigenvalue weighted by molar-refractivity contribution is -0.162. The summed E-state index contributed by atoms with van der Waals surface area (Å²) in [6, 6.07) is 1.32. The summed E-state index contributed by atoms with van der Waals surface area (Å²) in [6.07, 6.45) is -1.69. The number of carbonyl (C=O) groups is 4. The molecule has 1 unspecified atom stereocenters. The molecular weight excluding hydrogens is 476 g/mol. The van der Waals surface area contributed by atoms with Gasteiger partial charge in [-0.25, -0.2) is 4.79 Å². The first kappa shape index (κ1) is 25.4. The van der Waals surface area contributed by atoms with Crippen molar-refractivity contribution < 1.29 is 49.4 Å². The van der Waals surface area contributed by atoms with E-state index < -0.39 is 87.4 Å². The third-order valence-corrected chi connectivity index (χ3v) is 7.54. The second kappa shape index (κ2) is 8.15. The minimum absolute atomic E-state index is 0.248. The number of aliphatic hydroxyl groups is 4. The number of likely N-dealkylation sites (N-methyl/N-ethyl adjacent to an activating group) is 1. The minimum Gasteiger partial charge on any atom is -0.510 e. The summed E-state index contributed by atoms with van der Waals surface area (Å²) in [6.45, 7) is 1.59. The number of hydrogen-bond donors (Lipinski definition) is 6. The van der Waals surface area contributed by atoms with Crippen molar-refractivity contribution in [3.05, 3.63) is 51.5 Å². The van der Waals surface area contributed by atoms with Gasteiger partial charge in [0.05, 0.1) is 30.7 Å². The molecule has 0 radical (unpaired) electrons. The van der Waals surface area contributed by atoms with Crippen molar-refractivity contribution in [3.63, 3.8) is 0 Å². The second-order valence-corrected chi connectivity index (χ2v) is 9.47. The number of nitrogens with two attached hydrogens (primary N) is 1. The number of aliphatic hydroxyl groups excluding tert-OH is 3. The molecular formula is C24H26N2O10. The predicted octanol–water partition coefficient (Wildman–Crippen LogP) is -0.561. The minimum atomic E-state index is -3.00. The van der Waals surface area contributed by atoms with E-state index in [1.54, 1.807) is 6.92 Å². The molecule has 6 atom stereocenters. The Balaban J connectivity index is 2.04. The summed E-state index contributed by atoms with van der Waals surface area (Å²) in [7, 11) is 3.99. The van der Waals surface area contributed by atoms with Crippen molar-refractivity contribution in [3.8, 4) is 5.75 Å². The number of phenols is 1. The molecule has 0 fully saturated rings. The highest BCUT2D eigenvalue weighted by molar-refractivity contribution is 6.25. The smallest absolute Gasteiger partial charge is 0.341 e. The van der Waals surface area contributed by atoms with Crippen molar-refractivity contribution in [2.75, 3.05) is 21.2 Å². The first-order chi connectivity index (χ1) is 16.7. The number of methoxy groups -OCH3 is 1. The van der Waals surface area contributed by atoms with E-state index in [0.717, 1.165) is 7.11 Å². The summed E-state index contributed by atoms with van der Waals surface area (Å²) >= 11 is 0. The van der Waals surface area contributed by atoms with Crippen LogP contribution in [0.3, 0.4) is 0 Å². The number of hydrogen-bond acceptors (Lipinski definition) is 11. The number of esters is 1. The monoisotopic (exact) mass is 502 g/mol. The molecule has 0 saturated carbocycles. The summed E-state index contributed by atoms with van der Waals surface area (Å²) in [4.78, 5) is 52.4. The number of rotatable bonds is 3. The lowest BCUT2D eigenvalue weighted by atomic mass is 9.55. The fourth-order valence-electron chi connectivity index (χ4n) is 5.90. The number of primary amides is 1. The second-order valence-electron chi connectivity index (χ2n) is 9.47. The summed E-state index contributed by atoms with van der Waals surface area (Å²) in [5.41, 5.74) is 0.306. The van der Waals surface area contributed by atoms with Crippen LogP contribution in [0.5, 0.6) is 5.75 Å². The molecule has 36 heavy (non-hydrogen) atoms. The number of Topliss-reactive ketones (excluding diaryl/α,β-unsaturated/α-hetero) is 2. The van der Waals surface area contributed by atoms with Crippen LogP contribution in [0.2, 0.25) is 0 Å². The highest BCUT2D eigenvalue weighted by Gasteiger charge is 2.67. The molecule has 0 bridgehead atoms. The fraction of sp³-hybridized carbons (Fsp3) is 0.417. The van der Waals surface area contributed by atoms with Crippen LogP contribution >= 0.6 is 0 Å². The number of aromatic hydroxyl groups is 1. The van der Waals surface area contributed by atoms with Crippen LogP contribution in [-0.2, 0) is 14.3 Å². The molecule has 12 nitrogen and oxygen atoms in total. The highest BCUT2D eigenvalue weighted by atomic mass is 16.5. The largest absolute Gasteiger partial charge is 0.510 e. The molecule has 0 aliphatic heterocycles. The van der Waals surface area contributed by atoms with Crippen LogP contribution in [0.15, 0.2) is 34.8 Å². The predicted molar refractivity (Wildman–Crippen MR) is 121 cm³/mol. The number of phenolic OH excluding ortho intramolecular Hbond substituents is 1. The van der Waals surface area contributed by atoms with Gasteiger partial charge >= 0.3 is 5.97 Å². The van der Waals surface area contributed by atoms with Gasteiger partial charge < -0.3 is 36.0 Å². The SMILES string of the molecule is COC(=O)c1ccc2c(c1O)C(=O)C1=C(O)C3(O)C(=O)C(C(N)=O)=C(O)[C@@H](N(C)C)[C@@H]3[C@@H](O)[C@@H]1[C@H]2C. The number of amides is 1. The maximum absolute atomic E-state index is 13.6. The molecule has 4 rings (SSSR count). The molecule has 7 N–H and O–H groups in total. The van der Waals surface area contributed by atoms with Gasteiger partial charge in [-0.3, -0.25) is 19.3 Å². The fourth-order valence-corrected chi connectivity index (χ4v) is 5.90. The Kier molecular flexibility index (Phi) is 5.74. The zero-order chi connectivity index (χ0) is 27.0. The zero-order valence-electron chi connectivity index (χ0n) is 19.8. The van der Waals surface area contributed by atoms with E-state index in [4.69, 9.17) is 5.73 Å². The Labute approximate surface area is 204 Å². The Hall–Kier alpha value is -3.74. The van der Waals surface area contributed by atoms with Gasteiger partial charge in [0.1, 0.15) is 28.4 Å². The Bertz CT molecular complexity index is 1300. The van der Waals surface area contributed by atoms with E-state index in [-0.39, 0.29) is 16.7 Å². The molecule has 3 aliphatic carbocycles. The first-order valence-electron chi connectivity index (χ1n) is 11.0. The first-order valence-corrected chi connectivity index (χ1v) is 11.0. The van der Waals surface area contributed by atoms with Crippen molar-refractivity contribution >= 4 is 23.4 Å². The van der Waals surface area contributed by atoms with E-state index in [2.05, 4.69) is 4.74 Å². The molecule has 0 spiro atoms. The summed E-state index contributed by atoms with van der Waals surface area (Å²) in [5.74, 6) is -11.0. The quantitative estimate of drug-likeness (QED) is 0.228. The van der Waals surface area contributed by atoms with Crippen molar-refractivity contribution in [1.82, 2.24) is 4.90 Å². The van der Waals surface area contributed by atoms with Gasteiger partial charge in [0.15, 0.2) is 11.4 Å². The van der Waals surface area contributed by atoms with Gasteiger partial charge in [-0.05, 0) is 31.6 Å². The van der Waals surface area contributed by atoms with Crippen LogP contribution < -0.4 is 5.73 Å².